The summed E-state index contributed by atoms with van der Waals surface area (Å²) in [6.45, 7) is 4.98. The summed E-state index contributed by atoms with van der Waals surface area (Å²) in [6.07, 6.45) is 5.05. The maximum absolute atomic E-state index is 12.9. The Morgan fingerprint density at radius 1 is 1.12 bits per heavy atom. The molecule has 5 heterocycles. The number of fused-ring (bicyclic) bond motifs is 2. The average Bonchev–Trinajstić information content (AvgIpc) is 3.36. The van der Waals surface area contributed by atoms with E-state index >= 15 is 0 Å². The van der Waals surface area contributed by atoms with E-state index in [4.69, 9.17) is 45.9 Å². The number of nitrogens with one attached hydrogen (secondary N) is 1. The number of alkyl carbamates (subject to hydrolysis) is 1. The van der Waals surface area contributed by atoms with Crippen molar-refractivity contribution < 1.29 is 19.0 Å². The molecular weight excluding hydrogens is 662 g/mol. The average molecular weight is 700 g/mol. The van der Waals surface area contributed by atoms with Gasteiger partial charge in [0.05, 0.1) is 18.3 Å². The molecule has 1 saturated carbocycles. The van der Waals surface area contributed by atoms with Crippen molar-refractivity contribution in [2.45, 2.75) is 50.9 Å². The number of carbonyl (C=O) groups is 1. The first-order valence-corrected chi connectivity index (χ1v) is 18.0. The second kappa shape index (κ2) is 13.2. The van der Waals surface area contributed by atoms with Crippen LogP contribution in [0.2, 0.25) is 5.02 Å². The van der Waals surface area contributed by atoms with Gasteiger partial charge in [-0.2, -0.15) is 5.10 Å². The summed E-state index contributed by atoms with van der Waals surface area (Å²) in [5.41, 5.74) is 4.40. The van der Waals surface area contributed by atoms with Crippen LogP contribution in [0.4, 0.5) is 10.6 Å². The van der Waals surface area contributed by atoms with Crippen molar-refractivity contribution in [1.29, 1.82) is 0 Å². The first-order chi connectivity index (χ1) is 24.0. The number of ether oxygens (including phenoxy) is 3. The van der Waals surface area contributed by atoms with Crippen molar-refractivity contribution in [3.8, 4) is 17.0 Å². The molecule has 3 aromatic heterocycles. The fourth-order valence-corrected chi connectivity index (χ4v) is 9.02. The van der Waals surface area contributed by atoms with E-state index < -0.39 is 6.09 Å². The number of hydrogen-bond donors (Lipinski definition) is 1. The van der Waals surface area contributed by atoms with E-state index in [1.54, 1.807) is 18.4 Å². The third-order valence-corrected chi connectivity index (χ3v) is 11.7. The molecule has 0 spiro atoms. The molecule has 2 aliphatic heterocycles. The molecule has 2 saturated heterocycles. The number of thiazole rings is 1. The molecule has 49 heavy (non-hydrogen) atoms. The first-order valence-electron chi connectivity index (χ1n) is 16.8. The molecule has 13 heteroatoms. The van der Waals surface area contributed by atoms with Gasteiger partial charge >= 0.3 is 6.09 Å². The Kier molecular flexibility index (Phi) is 8.63. The van der Waals surface area contributed by atoms with E-state index in [0.717, 1.165) is 66.4 Å². The van der Waals surface area contributed by atoms with Crippen LogP contribution in [0.15, 0.2) is 60.1 Å². The first kappa shape index (κ1) is 32.0. The maximum Gasteiger partial charge on any atom is 0.407 e. The number of rotatable bonds is 9. The number of halogens is 1. The molecular formula is C36H38ClN7O4S. The van der Waals surface area contributed by atoms with Gasteiger partial charge in [-0.1, -0.05) is 54.1 Å². The van der Waals surface area contributed by atoms with E-state index in [1.807, 2.05) is 66.3 Å². The van der Waals surface area contributed by atoms with Crippen LogP contribution in [-0.2, 0) is 21.5 Å². The molecule has 3 fully saturated rings. The van der Waals surface area contributed by atoms with Crippen LogP contribution in [0.1, 0.15) is 48.2 Å². The third-order valence-electron chi connectivity index (χ3n) is 10.2. The van der Waals surface area contributed by atoms with E-state index in [-0.39, 0.29) is 24.2 Å². The van der Waals surface area contributed by atoms with Crippen molar-refractivity contribution in [2.24, 2.45) is 11.8 Å². The summed E-state index contributed by atoms with van der Waals surface area (Å²) in [5, 5.41) is 11.7. The van der Waals surface area contributed by atoms with Crippen LogP contribution >= 0.6 is 22.9 Å². The highest BCUT2D eigenvalue weighted by Gasteiger charge is 2.68. The minimum absolute atomic E-state index is 0.228. The highest BCUT2D eigenvalue weighted by atomic mass is 35.5. The van der Waals surface area contributed by atoms with Gasteiger partial charge < -0.3 is 24.4 Å². The molecule has 254 valence electrons. The van der Waals surface area contributed by atoms with Gasteiger partial charge in [0.1, 0.15) is 34.4 Å². The standard InChI is InChI=1S/C36H38ClN7O4S/c1-22-20-49-34(40-22)36(21-39-35(45)48-19-23-9-4-3-5-10-23)25-14-15-43(18-26(25)36)28-17-38-32-31(24-11-8-12-27(46-2)30(24)37)42-44(33(32)41-28)29-13-6-7-16-47-29/h3-5,8-12,17,20,25-26,29H,6-7,13-16,18-19,21H2,1-2H3,(H,39,45). The summed E-state index contributed by atoms with van der Waals surface area (Å²) in [7, 11) is 1.60. The number of benzene rings is 2. The van der Waals surface area contributed by atoms with Gasteiger partial charge in [0.2, 0.25) is 0 Å². The quantitative estimate of drug-likeness (QED) is 0.175. The topological polar surface area (TPSA) is 117 Å². The number of aromatic nitrogens is 5. The van der Waals surface area contributed by atoms with Crippen LogP contribution in [0.3, 0.4) is 0 Å². The van der Waals surface area contributed by atoms with E-state index in [1.165, 1.54) is 0 Å². The monoisotopic (exact) mass is 699 g/mol. The number of methoxy groups -OCH3 is 1. The molecule has 1 N–H and O–H groups in total. The Labute approximate surface area is 293 Å². The zero-order valence-corrected chi connectivity index (χ0v) is 29.0. The molecule has 0 radical (unpaired) electrons. The maximum atomic E-state index is 12.9. The highest BCUT2D eigenvalue weighted by Crippen LogP contribution is 2.64. The van der Waals surface area contributed by atoms with E-state index in [9.17, 15) is 4.79 Å². The predicted octanol–water partition coefficient (Wildman–Crippen LogP) is 6.94. The molecule has 4 atom stereocenters. The van der Waals surface area contributed by atoms with Gasteiger partial charge in [-0.3, -0.25) is 0 Å². The summed E-state index contributed by atoms with van der Waals surface area (Å²) < 4.78 is 19.1. The van der Waals surface area contributed by atoms with Gasteiger partial charge in [0, 0.05) is 48.3 Å². The number of carbonyl (C=O) groups excluding carboxylic acids is 1. The fourth-order valence-electron chi connectivity index (χ4n) is 7.60. The second-order valence-corrected chi connectivity index (χ2v) is 14.3. The van der Waals surface area contributed by atoms with Gasteiger partial charge in [0.15, 0.2) is 11.9 Å². The summed E-state index contributed by atoms with van der Waals surface area (Å²) in [6, 6.07) is 15.4. The van der Waals surface area contributed by atoms with E-state index in [2.05, 4.69) is 15.6 Å². The van der Waals surface area contributed by atoms with Crippen molar-refractivity contribution in [3.63, 3.8) is 0 Å². The minimum Gasteiger partial charge on any atom is -0.495 e. The molecule has 1 amide bonds. The number of hydrogen-bond acceptors (Lipinski definition) is 10. The van der Waals surface area contributed by atoms with Gasteiger partial charge in [-0.25, -0.2) is 24.4 Å². The molecule has 2 aromatic carbocycles. The smallest absolute Gasteiger partial charge is 0.407 e. The van der Waals surface area contributed by atoms with Crippen LogP contribution in [-0.4, -0.2) is 64.2 Å². The van der Waals surface area contributed by atoms with Gasteiger partial charge in [-0.15, -0.1) is 11.3 Å². The van der Waals surface area contributed by atoms with Crippen molar-refractivity contribution in [3.05, 3.63) is 81.4 Å². The Hall–Kier alpha value is -4.26. The van der Waals surface area contributed by atoms with Gasteiger partial charge in [0.25, 0.3) is 0 Å². The van der Waals surface area contributed by atoms with Crippen LogP contribution in [0.5, 0.6) is 5.75 Å². The largest absolute Gasteiger partial charge is 0.495 e. The van der Waals surface area contributed by atoms with E-state index in [0.29, 0.717) is 46.7 Å². The molecule has 1 aliphatic carbocycles. The summed E-state index contributed by atoms with van der Waals surface area (Å²) in [5.74, 6) is 2.04. The number of piperidine rings is 1. The number of anilines is 1. The zero-order valence-electron chi connectivity index (χ0n) is 27.5. The Bertz CT molecular complexity index is 1980. The Balaban J connectivity index is 1.07. The van der Waals surface area contributed by atoms with Gasteiger partial charge in [-0.05, 0) is 56.1 Å². The molecule has 11 nitrogen and oxygen atoms in total. The predicted molar refractivity (Wildman–Crippen MR) is 188 cm³/mol. The Morgan fingerprint density at radius 3 is 2.78 bits per heavy atom. The summed E-state index contributed by atoms with van der Waals surface area (Å²) >= 11 is 8.45. The molecule has 4 unspecified atom stereocenters. The molecule has 0 bridgehead atoms. The molecule has 8 rings (SSSR count). The number of amides is 1. The third kappa shape index (κ3) is 5.89. The Morgan fingerprint density at radius 2 is 2.00 bits per heavy atom. The molecule has 3 aliphatic rings. The number of nitrogens with zero attached hydrogens (tertiary/aromatic N) is 6. The second-order valence-electron chi connectivity index (χ2n) is 13.0. The summed E-state index contributed by atoms with van der Waals surface area (Å²) in [4.78, 5) is 30.3. The lowest BCUT2D eigenvalue weighted by Crippen LogP contribution is -2.35. The van der Waals surface area contributed by atoms with Crippen molar-refractivity contribution in [1.82, 2.24) is 30.0 Å². The van der Waals surface area contributed by atoms with Crippen molar-refractivity contribution in [2.75, 3.05) is 38.3 Å². The SMILES string of the molecule is COc1cccc(-c2nn(C3CCCCO3)c3nc(N4CCC5C(C4)C5(CNC(=O)OCc4ccccc4)c4nc(C)cs4)cnc23)c1Cl. The van der Waals surface area contributed by atoms with Crippen molar-refractivity contribution >= 4 is 46.0 Å². The minimum atomic E-state index is -0.418. The number of aryl methyl sites for hydroxylation is 1. The fraction of sp³-hybridized carbons (Fsp3) is 0.417. The highest BCUT2D eigenvalue weighted by molar-refractivity contribution is 7.09. The van der Waals surface area contributed by atoms with Crippen LogP contribution in [0, 0.1) is 18.8 Å². The lowest BCUT2D eigenvalue weighted by atomic mass is 10.0. The van der Waals surface area contributed by atoms with Crippen LogP contribution in [0.25, 0.3) is 22.4 Å². The molecule has 5 aromatic rings. The lowest BCUT2D eigenvalue weighted by molar-refractivity contribution is -0.0368. The zero-order chi connectivity index (χ0) is 33.5. The van der Waals surface area contributed by atoms with Crippen LogP contribution < -0.4 is 15.0 Å². The normalized spacial score (nSPS) is 23.2. The lowest BCUT2D eigenvalue weighted by Gasteiger charge is -2.27.